The zero-order chi connectivity index (χ0) is 15.5. The quantitative estimate of drug-likeness (QED) is 0.879. The molecule has 116 valence electrons. The first-order chi connectivity index (χ1) is 10.7. The van der Waals surface area contributed by atoms with Crippen molar-refractivity contribution in [1.29, 1.82) is 0 Å². The molecule has 1 saturated heterocycles. The van der Waals surface area contributed by atoms with Crippen LogP contribution in [0.2, 0.25) is 0 Å². The molecule has 1 fully saturated rings. The van der Waals surface area contributed by atoms with Crippen molar-refractivity contribution in [3.8, 4) is 0 Å². The molecule has 5 nitrogen and oxygen atoms in total. The number of nitrogens with zero attached hydrogens (tertiary/aromatic N) is 2. The van der Waals surface area contributed by atoms with Crippen molar-refractivity contribution in [2.75, 3.05) is 37.7 Å². The number of pyridine rings is 1. The molecule has 1 aromatic heterocycles. The van der Waals surface area contributed by atoms with Crippen LogP contribution in [0.3, 0.4) is 0 Å². The Kier molecular flexibility index (Phi) is 4.20. The molecule has 0 spiro atoms. The van der Waals surface area contributed by atoms with E-state index in [1.807, 2.05) is 0 Å². The van der Waals surface area contributed by atoms with E-state index in [2.05, 4.69) is 15.2 Å². The minimum absolute atomic E-state index is 0.307. The predicted molar refractivity (Wildman–Crippen MR) is 82.7 cm³/mol. The van der Waals surface area contributed by atoms with Gasteiger partial charge < -0.3 is 15.0 Å². The van der Waals surface area contributed by atoms with Gasteiger partial charge in [0.25, 0.3) is 0 Å². The summed E-state index contributed by atoms with van der Waals surface area (Å²) in [6.45, 7) is 5.32. The minimum atomic E-state index is -0.394. The Hall–Kier alpha value is -2.21. The number of carbonyl (C=O) groups is 1. The molecule has 0 bridgehead atoms. The van der Waals surface area contributed by atoms with E-state index in [0.717, 1.165) is 37.3 Å². The molecule has 0 unspecified atom stereocenters. The summed E-state index contributed by atoms with van der Waals surface area (Å²) < 4.78 is 18.6. The van der Waals surface area contributed by atoms with Gasteiger partial charge in [0.15, 0.2) is 0 Å². The molecule has 1 aliphatic heterocycles. The summed E-state index contributed by atoms with van der Waals surface area (Å²) in [7, 11) is 0. The van der Waals surface area contributed by atoms with Crippen LogP contribution in [-0.4, -0.2) is 43.7 Å². The van der Waals surface area contributed by atoms with Crippen LogP contribution in [0, 0.1) is 5.82 Å². The Morgan fingerprint density at radius 2 is 2.18 bits per heavy atom. The number of aromatic nitrogens is 1. The fourth-order valence-corrected chi connectivity index (χ4v) is 2.74. The number of fused-ring (bicyclic) bond motifs is 1. The van der Waals surface area contributed by atoms with E-state index in [9.17, 15) is 9.18 Å². The lowest BCUT2D eigenvalue weighted by molar-refractivity contribution is 0.0526. The number of rotatable bonds is 3. The van der Waals surface area contributed by atoms with Gasteiger partial charge >= 0.3 is 5.97 Å². The van der Waals surface area contributed by atoms with Gasteiger partial charge in [-0.25, -0.2) is 9.18 Å². The van der Waals surface area contributed by atoms with Gasteiger partial charge in [0.1, 0.15) is 11.4 Å². The maximum absolute atomic E-state index is 13.4. The summed E-state index contributed by atoms with van der Waals surface area (Å²) in [4.78, 5) is 18.6. The number of ether oxygens (including phenoxy) is 1. The van der Waals surface area contributed by atoms with E-state index in [1.54, 1.807) is 13.0 Å². The third-order valence-electron chi connectivity index (χ3n) is 3.73. The zero-order valence-electron chi connectivity index (χ0n) is 12.4. The molecule has 0 radical (unpaired) electrons. The third-order valence-corrected chi connectivity index (χ3v) is 3.73. The fourth-order valence-electron chi connectivity index (χ4n) is 2.74. The summed E-state index contributed by atoms with van der Waals surface area (Å²) in [5.41, 5.74) is 1.76. The van der Waals surface area contributed by atoms with Crippen molar-refractivity contribution in [2.24, 2.45) is 0 Å². The molecule has 0 saturated carbocycles. The molecule has 22 heavy (non-hydrogen) atoms. The second-order valence-corrected chi connectivity index (χ2v) is 5.14. The fraction of sp³-hybridized carbons (Fsp3) is 0.375. The number of benzene rings is 1. The van der Waals surface area contributed by atoms with E-state index >= 15 is 0 Å². The number of carbonyl (C=O) groups excluding carboxylic acids is 1. The number of esters is 1. The first kappa shape index (κ1) is 14.7. The van der Waals surface area contributed by atoms with Crippen molar-refractivity contribution in [2.45, 2.75) is 6.92 Å². The van der Waals surface area contributed by atoms with Crippen molar-refractivity contribution in [3.63, 3.8) is 0 Å². The molecular weight excluding hydrogens is 285 g/mol. The van der Waals surface area contributed by atoms with Crippen LogP contribution in [0.25, 0.3) is 10.9 Å². The van der Waals surface area contributed by atoms with E-state index in [4.69, 9.17) is 4.74 Å². The second-order valence-electron chi connectivity index (χ2n) is 5.14. The first-order valence-corrected chi connectivity index (χ1v) is 7.41. The Morgan fingerprint density at radius 3 is 2.91 bits per heavy atom. The lowest BCUT2D eigenvalue weighted by Crippen LogP contribution is -2.44. The molecule has 0 aliphatic carbocycles. The highest BCUT2D eigenvalue weighted by atomic mass is 19.1. The maximum atomic E-state index is 13.4. The highest BCUT2D eigenvalue weighted by Gasteiger charge is 2.22. The van der Waals surface area contributed by atoms with Crippen LogP contribution >= 0.6 is 0 Å². The number of hydrogen-bond acceptors (Lipinski definition) is 5. The zero-order valence-corrected chi connectivity index (χ0v) is 12.4. The SMILES string of the molecule is CCOC(=O)c1cnc2cc(F)ccc2c1N1CCNCC1. The molecule has 0 amide bonds. The average Bonchev–Trinajstić information content (AvgIpc) is 2.54. The summed E-state index contributed by atoms with van der Waals surface area (Å²) in [5.74, 6) is -0.732. The highest BCUT2D eigenvalue weighted by molar-refractivity contribution is 6.05. The van der Waals surface area contributed by atoms with Gasteiger partial charge in [-0.3, -0.25) is 4.98 Å². The monoisotopic (exact) mass is 303 g/mol. The van der Waals surface area contributed by atoms with Crippen molar-refractivity contribution in [3.05, 3.63) is 35.8 Å². The molecule has 0 atom stereocenters. The lowest BCUT2D eigenvalue weighted by Gasteiger charge is -2.31. The Balaban J connectivity index is 2.16. The summed E-state index contributed by atoms with van der Waals surface area (Å²) in [5, 5.41) is 4.05. The summed E-state index contributed by atoms with van der Waals surface area (Å²) in [6.07, 6.45) is 1.48. The van der Waals surface area contributed by atoms with Crippen LogP contribution < -0.4 is 10.2 Å². The number of halogens is 1. The molecule has 2 aromatic rings. The lowest BCUT2D eigenvalue weighted by atomic mass is 10.1. The molecule has 3 rings (SSSR count). The van der Waals surface area contributed by atoms with Gasteiger partial charge in [-0.05, 0) is 19.1 Å². The molecule has 2 heterocycles. The van der Waals surface area contributed by atoms with Crippen molar-refractivity contribution >= 4 is 22.6 Å². The molecule has 1 aliphatic rings. The van der Waals surface area contributed by atoms with Crippen molar-refractivity contribution in [1.82, 2.24) is 10.3 Å². The largest absolute Gasteiger partial charge is 0.462 e. The first-order valence-electron chi connectivity index (χ1n) is 7.41. The smallest absolute Gasteiger partial charge is 0.341 e. The molecule has 6 heteroatoms. The number of nitrogens with one attached hydrogen (secondary N) is 1. The van der Waals surface area contributed by atoms with Crippen LogP contribution in [0.15, 0.2) is 24.4 Å². The standard InChI is InChI=1S/C16H18FN3O2/c1-2-22-16(21)13-10-19-14-9-11(17)3-4-12(14)15(13)20-7-5-18-6-8-20/h3-4,9-10,18H,2,5-8H2,1H3. The van der Waals surface area contributed by atoms with Crippen LogP contribution in [0.5, 0.6) is 0 Å². The van der Waals surface area contributed by atoms with Gasteiger partial charge in [0.2, 0.25) is 0 Å². The van der Waals surface area contributed by atoms with E-state index in [0.29, 0.717) is 17.7 Å². The van der Waals surface area contributed by atoms with Gasteiger partial charge in [0.05, 0.1) is 17.8 Å². The summed E-state index contributed by atoms with van der Waals surface area (Å²) in [6, 6.07) is 4.46. The number of piperazine rings is 1. The van der Waals surface area contributed by atoms with E-state index in [-0.39, 0.29) is 5.82 Å². The topological polar surface area (TPSA) is 54.5 Å². The normalized spacial score (nSPS) is 15.1. The van der Waals surface area contributed by atoms with Crippen molar-refractivity contribution < 1.29 is 13.9 Å². The van der Waals surface area contributed by atoms with Crippen LogP contribution in [0.1, 0.15) is 17.3 Å². The molecule has 1 N–H and O–H groups in total. The molecular formula is C16H18FN3O2. The highest BCUT2D eigenvalue weighted by Crippen LogP contribution is 2.31. The van der Waals surface area contributed by atoms with Crippen LogP contribution in [-0.2, 0) is 4.74 Å². The van der Waals surface area contributed by atoms with Gasteiger partial charge in [-0.1, -0.05) is 0 Å². The van der Waals surface area contributed by atoms with Gasteiger partial charge in [-0.2, -0.15) is 0 Å². The second kappa shape index (κ2) is 6.27. The predicted octanol–water partition coefficient (Wildman–Crippen LogP) is 1.96. The van der Waals surface area contributed by atoms with E-state index < -0.39 is 5.97 Å². The minimum Gasteiger partial charge on any atom is -0.462 e. The van der Waals surface area contributed by atoms with E-state index in [1.165, 1.54) is 18.3 Å². The Labute approximate surface area is 128 Å². The number of hydrogen-bond donors (Lipinski definition) is 1. The Morgan fingerprint density at radius 1 is 1.41 bits per heavy atom. The number of anilines is 1. The summed E-state index contributed by atoms with van der Waals surface area (Å²) >= 11 is 0. The molecule has 1 aromatic carbocycles. The average molecular weight is 303 g/mol. The Bertz CT molecular complexity index is 699. The third kappa shape index (κ3) is 2.74. The van der Waals surface area contributed by atoms with Gasteiger partial charge in [-0.15, -0.1) is 0 Å². The van der Waals surface area contributed by atoms with Crippen LogP contribution in [0.4, 0.5) is 10.1 Å². The van der Waals surface area contributed by atoms with Gasteiger partial charge in [0, 0.05) is 43.8 Å². The maximum Gasteiger partial charge on any atom is 0.341 e.